The molecule has 158 valence electrons. The molecule has 2 aliphatic heterocycles. The number of benzene rings is 2. The van der Waals surface area contributed by atoms with Crippen molar-refractivity contribution in [3.8, 4) is 11.5 Å². The van der Waals surface area contributed by atoms with Crippen molar-refractivity contribution in [1.29, 1.82) is 0 Å². The number of amides is 1. The Hall–Kier alpha value is -1.04. The number of ether oxygens (including phenoxy) is 1. The summed E-state index contributed by atoms with van der Waals surface area (Å²) in [5.41, 5.74) is 2.26. The van der Waals surface area contributed by atoms with Gasteiger partial charge in [-0.1, -0.05) is 42.2 Å². The zero-order valence-electron chi connectivity index (χ0n) is 18.5. The number of aromatic carboxylic acids is 1. The number of carboxylic acids is 1. The number of carbonyl (C=O) groups is 2. The molecule has 8 nitrogen and oxygen atoms in total. The van der Waals surface area contributed by atoms with Crippen LogP contribution in [-0.2, 0) is 17.6 Å². The Balaban J connectivity index is 0.00000181. The van der Waals surface area contributed by atoms with Crippen molar-refractivity contribution in [2.75, 3.05) is 13.1 Å². The minimum absolute atomic E-state index is 0. The second-order valence-electron chi connectivity index (χ2n) is 7.93. The van der Waals surface area contributed by atoms with Crippen LogP contribution in [0.5, 0.6) is 11.5 Å². The molecular weight excluding hydrogens is 435 g/mol. The molecule has 1 amide bonds. The standard InChI is InChI=1S/C21H23BNO7.2Na/c1-13-2-4-14(5-3-13)10-18(24)23-11-16(12-23)29-17-7-6-15-8-9-22(27,28)30-20(15)19(17)21(25)26;;/h2-7,16,27-28H,8-12H2,1H3,(H,25,26);;/q-1;2*+1/p-1. The quantitative estimate of drug-likeness (QED) is 0.430. The van der Waals surface area contributed by atoms with Crippen LogP contribution < -0.4 is 73.6 Å². The Morgan fingerprint density at radius 2 is 1.81 bits per heavy atom. The molecule has 2 N–H and O–H groups in total. The van der Waals surface area contributed by atoms with Gasteiger partial charge in [0.2, 0.25) is 5.91 Å². The number of hydrogen-bond donors (Lipinski definition) is 2. The molecule has 1 saturated heterocycles. The van der Waals surface area contributed by atoms with Gasteiger partial charge in [-0.2, -0.15) is 0 Å². The van der Waals surface area contributed by atoms with Crippen molar-refractivity contribution >= 4 is 18.6 Å². The molecule has 4 rings (SSSR count). The van der Waals surface area contributed by atoms with E-state index in [1.807, 2.05) is 31.2 Å². The number of rotatable bonds is 5. The van der Waals surface area contributed by atoms with Crippen molar-refractivity contribution in [2.24, 2.45) is 0 Å². The summed E-state index contributed by atoms with van der Waals surface area (Å²) < 4.78 is 10.9. The first-order valence-electron chi connectivity index (χ1n) is 9.88. The third-order valence-corrected chi connectivity index (χ3v) is 5.47. The summed E-state index contributed by atoms with van der Waals surface area (Å²) in [6.45, 7) is -0.459. The molecule has 0 unspecified atom stereocenters. The van der Waals surface area contributed by atoms with E-state index in [2.05, 4.69) is 0 Å². The number of aryl methyl sites for hydroxylation is 2. The summed E-state index contributed by atoms with van der Waals surface area (Å²) in [5, 5.41) is 31.3. The largest absolute Gasteiger partial charge is 1.00 e. The SMILES string of the molecule is Cc1ccc(CC(=O)N2CC(Oc3ccc4c(c3C(=O)[O-])O[B-](O)(O)CC4)C2)cc1.[Na+].[Na+]. The van der Waals surface area contributed by atoms with Gasteiger partial charge in [-0.3, -0.25) is 4.79 Å². The van der Waals surface area contributed by atoms with Crippen molar-refractivity contribution < 1.29 is 93.2 Å². The van der Waals surface area contributed by atoms with Gasteiger partial charge in [0.05, 0.1) is 36.8 Å². The first-order chi connectivity index (χ1) is 14.2. The predicted octanol–water partition coefficient (Wildman–Crippen LogP) is -5.94. The maximum Gasteiger partial charge on any atom is 1.00 e. The Labute approximate surface area is 230 Å². The van der Waals surface area contributed by atoms with Crippen molar-refractivity contribution in [1.82, 2.24) is 4.90 Å². The topological polar surface area (TPSA) is 119 Å². The molecule has 11 heteroatoms. The van der Waals surface area contributed by atoms with E-state index in [-0.39, 0.29) is 101 Å². The molecule has 2 aliphatic rings. The van der Waals surface area contributed by atoms with Crippen LogP contribution in [0.3, 0.4) is 0 Å². The van der Waals surface area contributed by atoms with E-state index in [4.69, 9.17) is 9.39 Å². The first kappa shape index (κ1) is 27.2. The van der Waals surface area contributed by atoms with Crippen LogP contribution in [0.25, 0.3) is 0 Å². The van der Waals surface area contributed by atoms with Gasteiger partial charge in [-0.05, 0) is 30.5 Å². The molecule has 0 aromatic heterocycles. The first-order valence-corrected chi connectivity index (χ1v) is 9.88. The summed E-state index contributed by atoms with van der Waals surface area (Å²) >= 11 is 0. The fraction of sp³-hybridized carbons (Fsp3) is 0.333. The molecule has 0 atom stereocenters. The van der Waals surface area contributed by atoms with Crippen molar-refractivity contribution in [3.05, 3.63) is 58.7 Å². The minimum atomic E-state index is -3.12. The molecule has 0 saturated carbocycles. The van der Waals surface area contributed by atoms with Crippen molar-refractivity contribution in [2.45, 2.75) is 32.2 Å². The van der Waals surface area contributed by atoms with Crippen LogP contribution in [0, 0.1) is 6.92 Å². The van der Waals surface area contributed by atoms with E-state index in [9.17, 15) is 24.7 Å². The zero-order valence-corrected chi connectivity index (χ0v) is 22.5. The van der Waals surface area contributed by atoms with Crippen LogP contribution in [-0.4, -0.2) is 52.8 Å². The fourth-order valence-electron chi connectivity index (χ4n) is 3.71. The minimum Gasteiger partial charge on any atom is -0.669 e. The van der Waals surface area contributed by atoms with E-state index in [1.165, 1.54) is 6.07 Å². The monoisotopic (exact) mass is 457 g/mol. The van der Waals surface area contributed by atoms with Gasteiger partial charge in [0.1, 0.15) is 11.9 Å². The molecule has 2 aromatic rings. The molecule has 0 bridgehead atoms. The summed E-state index contributed by atoms with van der Waals surface area (Å²) in [4.78, 5) is 25.8. The van der Waals surface area contributed by atoms with Gasteiger partial charge in [-0.15, -0.1) is 0 Å². The van der Waals surface area contributed by atoms with Crippen molar-refractivity contribution in [3.63, 3.8) is 0 Å². The van der Waals surface area contributed by atoms with Gasteiger partial charge < -0.3 is 34.2 Å². The summed E-state index contributed by atoms with van der Waals surface area (Å²) in [7, 11) is 0. The average Bonchev–Trinajstić information content (AvgIpc) is 2.64. The van der Waals surface area contributed by atoms with Gasteiger partial charge in [0, 0.05) is 0 Å². The molecule has 0 radical (unpaired) electrons. The normalized spacial score (nSPS) is 16.4. The molecular formula is C21H22BNNa2O7. The Kier molecular flexibility index (Phi) is 9.29. The molecule has 1 fully saturated rings. The van der Waals surface area contributed by atoms with Crippen LogP contribution in [0.2, 0.25) is 6.32 Å². The number of carboxylic acid groups (broad SMARTS) is 1. The van der Waals surface area contributed by atoms with Crippen LogP contribution in [0.15, 0.2) is 36.4 Å². The zero-order chi connectivity index (χ0) is 21.5. The number of nitrogens with zero attached hydrogens (tertiary/aromatic N) is 1. The van der Waals surface area contributed by atoms with Gasteiger partial charge >= 0.3 is 65.9 Å². The van der Waals surface area contributed by atoms with E-state index in [0.29, 0.717) is 25.1 Å². The number of hydrogen-bond acceptors (Lipinski definition) is 7. The third kappa shape index (κ3) is 6.09. The number of likely N-dealkylation sites (tertiary alicyclic amines) is 1. The van der Waals surface area contributed by atoms with E-state index < -0.39 is 12.7 Å². The Morgan fingerprint density at radius 1 is 1.16 bits per heavy atom. The van der Waals surface area contributed by atoms with Gasteiger partial charge in [0.15, 0.2) is 0 Å². The maximum absolute atomic E-state index is 12.4. The predicted molar refractivity (Wildman–Crippen MR) is 106 cm³/mol. The third-order valence-electron chi connectivity index (χ3n) is 5.47. The van der Waals surface area contributed by atoms with E-state index in [1.54, 1.807) is 11.0 Å². The summed E-state index contributed by atoms with van der Waals surface area (Å²) in [5.74, 6) is -1.66. The smallest absolute Gasteiger partial charge is 0.669 e. The molecule has 2 aromatic carbocycles. The second kappa shape index (κ2) is 10.9. The second-order valence-corrected chi connectivity index (χ2v) is 7.93. The maximum atomic E-state index is 12.4. The molecule has 32 heavy (non-hydrogen) atoms. The molecule has 0 aliphatic carbocycles. The number of fused-ring (bicyclic) bond motifs is 1. The molecule has 0 spiro atoms. The van der Waals surface area contributed by atoms with Crippen LogP contribution in [0.4, 0.5) is 0 Å². The van der Waals surface area contributed by atoms with Crippen LogP contribution >= 0.6 is 0 Å². The fourth-order valence-corrected chi connectivity index (χ4v) is 3.71. The van der Waals surface area contributed by atoms with Gasteiger partial charge in [0.25, 0.3) is 0 Å². The average molecular weight is 457 g/mol. The van der Waals surface area contributed by atoms with E-state index >= 15 is 0 Å². The van der Waals surface area contributed by atoms with Gasteiger partial charge in [-0.25, -0.2) is 0 Å². The number of carbonyl (C=O) groups excluding carboxylic acids is 2. The molecule has 2 heterocycles. The summed E-state index contributed by atoms with van der Waals surface area (Å²) in [6, 6.07) is 10.9. The summed E-state index contributed by atoms with van der Waals surface area (Å²) in [6.07, 6.45) is 0.181. The Bertz CT molecular complexity index is 994. The van der Waals surface area contributed by atoms with Crippen LogP contribution in [0.1, 0.15) is 27.0 Å². The Morgan fingerprint density at radius 3 is 2.44 bits per heavy atom. The van der Waals surface area contributed by atoms with E-state index in [0.717, 1.165) is 11.1 Å².